The lowest BCUT2D eigenvalue weighted by molar-refractivity contribution is 0.609. The standard InChI is InChI=1S/C15H15ClN2O3S/c1-9-6-7-10(8-13(9)22(16,20)21)14-11-4-2-3-5-12(11)15(19)18-17-14/h6-8H,2-5H2,1H3,(H,18,19). The van der Waals surface area contributed by atoms with Crippen LogP contribution in [-0.2, 0) is 21.9 Å². The molecular weight excluding hydrogens is 324 g/mol. The van der Waals surface area contributed by atoms with Crippen LogP contribution in [0.25, 0.3) is 11.3 Å². The third kappa shape index (κ3) is 2.68. The number of nitrogens with one attached hydrogen (secondary N) is 1. The molecule has 1 N–H and O–H groups in total. The van der Waals surface area contributed by atoms with Crippen molar-refractivity contribution >= 4 is 19.7 Å². The van der Waals surface area contributed by atoms with E-state index in [0.717, 1.165) is 36.8 Å². The van der Waals surface area contributed by atoms with Gasteiger partial charge in [-0.1, -0.05) is 12.1 Å². The van der Waals surface area contributed by atoms with Gasteiger partial charge in [-0.3, -0.25) is 4.79 Å². The van der Waals surface area contributed by atoms with Crippen LogP contribution in [-0.4, -0.2) is 18.6 Å². The Morgan fingerprint density at radius 1 is 1.18 bits per heavy atom. The number of nitrogens with zero attached hydrogens (tertiary/aromatic N) is 1. The first-order valence-corrected chi connectivity index (χ1v) is 9.35. The van der Waals surface area contributed by atoms with Crippen molar-refractivity contribution in [2.45, 2.75) is 37.5 Å². The molecule has 0 radical (unpaired) electrons. The van der Waals surface area contributed by atoms with Crippen LogP contribution in [0.4, 0.5) is 0 Å². The zero-order valence-corrected chi connectivity index (χ0v) is 13.6. The summed E-state index contributed by atoms with van der Waals surface area (Å²) in [6, 6.07) is 5.02. The van der Waals surface area contributed by atoms with E-state index in [1.165, 1.54) is 6.07 Å². The van der Waals surface area contributed by atoms with Crippen LogP contribution < -0.4 is 5.56 Å². The zero-order valence-electron chi connectivity index (χ0n) is 12.0. The van der Waals surface area contributed by atoms with E-state index >= 15 is 0 Å². The molecule has 5 nitrogen and oxygen atoms in total. The molecule has 1 aliphatic carbocycles. The summed E-state index contributed by atoms with van der Waals surface area (Å²) in [6.07, 6.45) is 3.48. The molecule has 1 aromatic heterocycles. The molecule has 22 heavy (non-hydrogen) atoms. The van der Waals surface area contributed by atoms with Gasteiger partial charge in [-0.05, 0) is 49.8 Å². The van der Waals surface area contributed by atoms with E-state index < -0.39 is 9.05 Å². The molecule has 0 spiro atoms. The molecular formula is C15H15ClN2O3S. The first-order valence-electron chi connectivity index (χ1n) is 7.04. The molecule has 1 aliphatic rings. The molecule has 7 heteroatoms. The minimum Gasteiger partial charge on any atom is -0.268 e. The third-order valence-corrected chi connectivity index (χ3v) is 5.49. The molecule has 0 unspecified atom stereocenters. The lowest BCUT2D eigenvalue weighted by atomic mass is 9.90. The van der Waals surface area contributed by atoms with Crippen LogP contribution >= 0.6 is 10.7 Å². The van der Waals surface area contributed by atoms with E-state index in [0.29, 0.717) is 16.8 Å². The summed E-state index contributed by atoms with van der Waals surface area (Å²) in [4.78, 5) is 12.0. The van der Waals surface area contributed by atoms with E-state index in [1.54, 1.807) is 19.1 Å². The zero-order chi connectivity index (χ0) is 15.9. The van der Waals surface area contributed by atoms with Gasteiger partial charge in [-0.25, -0.2) is 13.5 Å². The van der Waals surface area contributed by atoms with E-state index in [1.807, 2.05) is 0 Å². The summed E-state index contributed by atoms with van der Waals surface area (Å²) in [6.45, 7) is 1.69. The number of aryl methyl sites for hydroxylation is 1. The van der Waals surface area contributed by atoms with Crippen molar-refractivity contribution in [1.82, 2.24) is 10.2 Å². The first kappa shape index (κ1) is 15.2. The van der Waals surface area contributed by atoms with E-state index in [2.05, 4.69) is 10.2 Å². The third-order valence-electron chi connectivity index (χ3n) is 4.02. The summed E-state index contributed by atoms with van der Waals surface area (Å²) in [7, 11) is 1.66. The molecule has 3 rings (SSSR count). The Bertz CT molecular complexity index is 903. The number of H-pyrrole nitrogens is 1. The lowest BCUT2D eigenvalue weighted by Gasteiger charge is -2.17. The monoisotopic (exact) mass is 338 g/mol. The summed E-state index contributed by atoms with van der Waals surface area (Å²) in [5.74, 6) is 0. The molecule has 0 fully saturated rings. The maximum Gasteiger partial charge on any atom is 0.267 e. The fraction of sp³-hybridized carbons (Fsp3) is 0.333. The second-order valence-electron chi connectivity index (χ2n) is 5.48. The maximum absolute atomic E-state index is 11.9. The Kier molecular flexibility index (Phi) is 3.82. The summed E-state index contributed by atoms with van der Waals surface area (Å²) >= 11 is 0. The topological polar surface area (TPSA) is 79.9 Å². The number of hydrogen-bond donors (Lipinski definition) is 1. The Morgan fingerprint density at radius 2 is 1.86 bits per heavy atom. The van der Waals surface area contributed by atoms with Crippen molar-refractivity contribution in [1.29, 1.82) is 0 Å². The Balaban J connectivity index is 2.23. The quantitative estimate of drug-likeness (QED) is 0.853. The number of aromatic nitrogens is 2. The summed E-state index contributed by atoms with van der Waals surface area (Å²) < 4.78 is 23.3. The van der Waals surface area contributed by atoms with Crippen molar-refractivity contribution in [3.05, 3.63) is 45.2 Å². The SMILES string of the molecule is Cc1ccc(-c2n[nH]c(=O)c3c2CCCC3)cc1S(=O)(=O)Cl. The van der Waals surface area contributed by atoms with Crippen LogP contribution in [0, 0.1) is 6.92 Å². The van der Waals surface area contributed by atoms with Gasteiger partial charge in [0, 0.05) is 21.8 Å². The van der Waals surface area contributed by atoms with E-state index in [-0.39, 0.29) is 10.5 Å². The summed E-state index contributed by atoms with van der Waals surface area (Å²) in [5.41, 5.74) is 3.38. The molecule has 0 saturated heterocycles. The number of hydrogen-bond acceptors (Lipinski definition) is 4. The van der Waals surface area contributed by atoms with Gasteiger partial charge in [0.2, 0.25) is 0 Å². The van der Waals surface area contributed by atoms with Crippen molar-refractivity contribution in [3.63, 3.8) is 0 Å². The van der Waals surface area contributed by atoms with Gasteiger partial charge >= 0.3 is 0 Å². The Hall–Kier alpha value is -1.66. The normalized spacial score (nSPS) is 14.6. The average Bonchev–Trinajstić information content (AvgIpc) is 2.48. The predicted molar refractivity (Wildman–Crippen MR) is 84.7 cm³/mol. The lowest BCUT2D eigenvalue weighted by Crippen LogP contribution is -2.21. The van der Waals surface area contributed by atoms with Gasteiger partial charge in [-0.2, -0.15) is 5.10 Å². The van der Waals surface area contributed by atoms with Gasteiger partial charge in [0.15, 0.2) is 0 Å². The number of aromatic amines is 1. The second kappa shape index (κ2) is 5.52. The predicted octanol–water partition coefficient (Wildman–Crippen LogP) is 2.55. The average molecular weight is 339 g/mol. The van der Waals surface area contributed by atoms with Crippen molar-refractivity contribution in [2.24, 2.45) is 0 Å². The number of halogens is 1. The molecule has 0 saturated carbocycles. The van der Waals surface area contributed by atoms with Gasteiger partial charge in [0.25, 0.3) is 14.6 Å². The minimum atomic E-state index is -3.82. The Labute approximate surface area is 132 Å². The molecule has 0 aliphatic heterocycles. The Morgan fingerprint density at radius 3 is 2.55 bits per heavy atom. The molecule has 0 bridgehead atoms. The second-order valence-corrected chi connectivity index (χ2v) is 8.02. The number of rotatable bonds is 2. The van der Waals surface area contributed by atoms with Crippen molar-refractivity contribution in [2.75, 3.05) is 0 Å². The van der Waals surface area contributed by atoms with E-state index in [9.17, 15) is 13.2 Å². The van der Waals surface area contributed by atoms with E-state index in [4.69, 9.17) is 10.7 Å². The van der Waals surface area contributed by atoms with Gasteiger partial charge in [0.05, 0.1) is 10.6 Å². The van der Waals surface area contributed by atoms with Crippen LogP contribution in [0.2, 0.25) is 0 Å². The van der Waals surface area contributed by atoms with Crippen LogP contribution in [0.1, 0.15) is 29.5 Å². The van der Waals surface area contributed by atoms with Crippen LogP contribution in [0.5, 0.6) is 0 Å². The molecule has 1 heterocycles. The first-order chi connectivity index (χ1) is 10.4. The molecule has 0 amide bonds. The van der Waals surface area contributed by atoms with Crippen molar-refractivity contribution < 1.29 is 8.42 Å². The number of fused-ring (bicyclic) bond motifs is 1. The van der Waals surface area contributed by atoms with Gasteiger partial charge < -0.3 is 0 Å². The van der Waals surface area contributed by atoms with Gasteiger partial charge in [0.1, 0.15) is 0 Å². The molecule has 1 aromatic carbocycles. The highest BCUT2D eigenvalue weighted by Crippen LogP contribution is 2.30. The molecule has 116 valence electrons. The fourth-order valence-corrected chi connectivity index (χ4v) is 4.13. The summed E-state index contributed by atoms with van der Waals surface area (Å²) in [5, 5.41) is 6.65. The minimum absolute atomic E-state index is 0.0734. The highest BCUT2D eigenvalue weighted by molar-refractivity contribution is 8.13. The highest BCUT2D eigenvalue weighted by Gasteiger charge is 2.21. The molecule has 2 aromatic rings. The largest absolute Gasteiger partial charge is 0.268 e. The number of benzene rings is 1. The maximum atomic E-state index is 11.9. The molecule has 0 atom stereocenters. The van der Waals surface area contributed by atoms with Crippen molar-refractivity contribution in [3.8, 4) is 11.3 Å². The highest BCUT2D eigenvalue weighted by atomic mass is 35.7. The fourth-order valence-electron chi connectivity index (χ4n) is 2.91. The van der Waals surface area contributed by atoms with Gasteiger partial charge in [-0.15, -0.1) is 0 Å². The smallest absolute Gasteiger partial charge is 0.267 e. The van der Waals surface area contributed by atoms with Crippen LogP contribution in [0.3, 0.4) is 0 Å². The van der Waals surface area contributed by atoms with Crippen LogP contribution in [0.15, 0.2) is 27.9 Å².